The van der Waals surface area contributed by atoms with E-state index in [9.17, 15) is 19.5 Å². The lowest BCUT2D eigenvalue weighted by atomic mass is 9.91. The van der Waals surface area contributed by atoms with Gasteiger partial charge in [0.05, 0.1) is 0 Å². The average Bonchev–Trinajstić information content (AvgIpc) is 2.65. The fourth-order valence-electron chi connectivity index (χ4n) is 3.24. The van der Waals surface area contributed by atoms with E-state index in [0.29, 0.717) is 13.1 Å². The maximum absolute atomic E-state index is 12.4. The molecule has 1 aromatic rings. The molecule has 1 fully saturated rings. The van der Waals surface area contributed by atoms with Crippen molar-refractivity contribution < 1.29 is 29.0 Å². The summed E-state index contributed by atoms with van der Waals surface area (Å²) in [4.78, 5) is 37.5. The van der Waals surface area contributed by atoms with E-state index in [2.05, 4.69) is 5.32 Å². The smallest absolute Gasteiger partial charge is 0.410 e. The Hall–Kier alpha value is -2.77. The summed E-state index contributed by atoms with van der Waals surface area (Å²) < 4.78 is 10.5. The molecule has 0 aromatic heterocycles. The molecule has 2 amide bonds. The van der Waals surface area contributed by atoms with Gasteiger partial charge in [0.1, 0.15) is 18.2 Å². The Morgan fingerprint density at radius 3 is 2.55 bits per heavy atom. The minimum absolute atomic E-state index is 0.0518. The minimum Gasteiger partial charge on any atom is -0.480 e. The van der Waals surface area contributed by atoms with Crippen molar-refractivity contribution in [3.63, 3.8) is 0 Å². The zero-order valence-electron chi connectivity index (χ0n) is 17.2. The van der Waals surface area contributed by atoms with Gasteiger partial charge in [-0.05, 0) is 51.5 Å². The largest absolute Gasteiger partial charge is 0.480 e. The van der Waals surface area contributed by atoms with Gasteiger partial charge >= 0.3 is 18.2 Å². The number of rotatable bonds is 6. The first-order chi connectivity index (χ1) is 13.6. The van der Waals surface area contributed by atoms with Crippen molar-refractivity contribution >= 4 is 18.2 Å². The number of nitrogens with zero attached hydrogens (tertiary/aromatic N) is 1. The molecule has 0 bridgehead atoms. The number of aliphatic carboxylic acids is 1. The standard InChI is InChI=1S/C21H30N2O6/c1-21(2,3)29-19(26)22-17(18(24)25)12-16-10-7-11-23(13-16)20(27)28-14-15-8-5-4-6-9-15/h4-6,8-9,16-17H,7,10-14H2,1-3H3,(H,22,26)(H,24,25). The van der Waals surface area contributed by atoms with E-state index >= 15 is 0 Å². The van der Waals surface area contributed by atoms with Crippen molar-refractivity contribution in [3.8, 4) is 0 Å². The van der Waals surface area contributed by atoms with E-state index in [-0.39, 0.29) is 18.9 Å². The average molecular weight is 406 g/mol. The van der Waals surface area contributed by atoms with Crippen molar-refractivity contribution in [2.24, 2.45) is 5.92 Å². The number of hydrogen-bond acceptors (Lipinski definition) is 5. The number of carboxylic acids is 1. The van der Waals surface area contributed by atoms with Gasteiger partial charge in [0, 0.05) is 13.1 Å². The van der Waals surface area contributed by atoms with Crippen LogP contribution in [-0.4, -0.2) is 52.9 Å². The zero-order chi connectivity index (χ0) is 21.4. The van der Waals surface area contributed by atoms with Crippen LogP contribution in [0.4, 0.5) is 9.59 Å². The number of benzene rings is 1. The SMILES string of the molecule is CC(C)(C)OC(=O)NC(CC1CCCN(C(=O)OCc2ccccc2)C1)C(=O)O. The molecular formula is C21H30N2O6. The molecule has 2 N–H and O–H groups in total. The van der Waals surface area contributed by atoms with Gasteiger partial charge in [-0.2, -0.15) is 0 Å². The van der Waals surface area contributed by atoms with Crippen LogP contribution >= 0.6 is 0 Å². The Morgan fingerprint density at radius 2 is 1.93 bits per heavy atom. The highest BCUT2D eigenvalue weighted by molar-refractivity contribution is 5.80. The lowest BCUT2D eigenvalue weighted by molar-refractivity contribution is -0.140. The van der Waals surface area contributed by atoms with Crippen molar-refractivity contribution in [1.82, 2.24) is 10.2 Å². The maximum atomic E-state index is 12.4. The molecule has 8 nitrogen and oxygen atoms in total. The van der Waals surface area contributed by atoms with Crippen LogP contribution < -0.4 is 5.32 Å². The summed E-state index contributed by atoms with van der Waals surface area (Å²) in [6, 6.07) is 8.34. The van der Waals surface area contributed by atoms with Gasteiger partial charge in [-0.3, -0.25) is 0 Å². The molecule has 2 unspecified atom stereocenters. The number of carboxylic acid groups (broad SMARTS) is 1. The van der Waals surface area contributed by atoms with E-state index in [1.165, 1.54) is 0 Å². The van der Waals surface area contributed by atoms with Crippen LogP contribution in [0.15, 0.2) is 30.3 Å². The number of nitrogens with one attached hydrogen (secondary N) is 1. The molecule has 29 heavy (non-hydrogen) atoms. The predicted octanol–water partition coefficient (Wildman–Crippen LogP) is 3.40. The number of piperidine rings is 1. The highest BCUT2D eigenvalue weighted by Gasteiger charge is 2.31. The molecule has 1 saturated heterocycles. The molecule has 0 aliphatic carbocycles. The highest BCUT2D eigenvalue weighted by Crippen LogP contribution is 2.22. The van der Waals surface area contributed by atoms with E-state index in [4.69, 9.17) is 9.47 Å². The third-order valence-corrected chi connectivity index (χ3v) is 4.54. The number of hydrogen-bond donors (Lipinski definition) is 2. The van der Waals surface area contributed by atoms with Gasteiger partial charge in [-0.15, -0.1) is 0 Å². The Labute approximate surface area is 171 Å². The van der Waals surface area contributed by atoms with Crippen LogP contribution in [0.25, 0.3) is 0 Å². The lowest BCUT2D eigenvalue weighted by Crippen LogP contribution is -2.47. The lowest BCUT2D eigenvalue weighted by Gasteiger charge is -2.33. The highest BCUT2D eigenvalue weighted by atomic mass is 16.6. The summed E-state index contributed by atoms with van der Waals surface area (Å²) in [5, 5.41) is 11.9. The van der Waals surface area contributed by atoms with Gasteiger partial charge in [0.15, 0.2) is 0 Å². The quantitative estimate of drug-likeness (QED) is 0.750. The number of carbonyl (C=O) groups excluding carboxylic acids is 2. The second kappa shape index (κ2) is 10.1. The number of carbonyl (C=O) groups is 3. The molecule has 1 aliphatic heterocycles. The number of alkyl carbamates (subject to hydrolysis) is 1. The maximum Gasteiger partial charge on any atom is 0.410 e. The second-order valence-corrected chi connectivity index (χ2v) is 8.27. The number of ether oxygens (including phenoxy) is 2. The zero-order valence-corrected chi connectivity index (χ0v) is 17.2. The van der Waals surface area contributed by atoms with Crippen molar-refractivity contribution in [3.05, 3.63) is 35.9 Å². The fourth-order valence-corrected chi connectivity index (χ4v) is 3.24. The first-order valence-electron chi connectivity index (χ1n) is 9.82. The van der Waals surface area contributed by atoms with Crippen molar-refractivity contribution in [2.45, 2.75) is 58.3 Å². The van der Waals surface area contributed by atoms with Crippen LogP contribution in [0, 0.1) is 5.92 Å². The van der Waals surface area contributed by atoms with Crippen LogP contribution in [-0.2, 0) is 20.9 Å². The monoisotopic (exact) mass is 406 g/mol. The minimum atomic E-state index is -1.13. The summed E-state index contributed by atoms with van der Waals surface area (Å²) in [6.45, 7) is 6.29. The number of likely N-dealkylation sites (tertiary alicyclic amines) is 1. The van der Waals surface area contributed by atoms with Gasteiger partial charge in [0.25, 0.3) is 0 Å². The first kappa shape index (κ1) is 22.5. The Balaban J connectivity index is 1.86. The normalized spacial score (nSPS) is 17.9. The van der Waals surface area contributed by atoms with E-state index in [1.54, 1.807) is 25.7 Å². The van der Waals surface area contributed by atoms with Gasteiger partial charge in [0.2, 0.25) is 0 Å². The van der Waals surface area contributed by atoms with Gasteiger partial charge in [-0.1, -0.05) is 30.3 Å². The summed E-state index contributed by atoms with van der Waals surface area (Å²) in [5.74, 6) is -1.18. The van der Waals surface area contributed by atoms with Gasteiger partial charge in [-0.25, -0.2) is 14.4 Å². The molecule has 8 heteroatoms. The molecule has 1 heterocycles. The third kappa shape index (κ3) is 8.01. The molecule has 1 aromatic carbocycles. The first-order valence-corrected chi connectivity index (χ1v) is 9.82. The predicted molar refractivity (Wildman–Crippen MR) is 106 cm³/mol. The molecule has 2 rings (SSSR count). The molecule has 0 saturated carbocycles. The topological polar surface area (TPSA) is 105 Å². The van der Waals surface area contributed by atoms with Crippen LogP contribution in [0.1, 0.15) is 45.6 Å². The Bertz CT molecular complexity index is 701. The molecule has 2 atom stereocenters. The van der Waals surface area contributed by atoms with Crippen LogP contribution in [0.3, 0.4) is 0 Å². The number of amides is 2. The van der Waals surface area contributed by atoms with Gasteiger partial charge < -0.3 is 24.8 Å². The Morgan fingerprint density at radius 1 is 1.24 bits per heavy atom. The van der Waals surface area contributed by atoms with Crippen molar-refractivity contribution in [1.29, 1.82) is 0 Å². The van der Waals surface area contributed by atoms with E-state index in [1.807, 2.05) is 30.3 Å². The molecule has 160 valence electrons. The van der Waals surface area contributed by atoms with Crippen LogP contribution in [0.2, 0.25) is 0 Å². The van der Waals surface area contributed by atoms with E-state index < -0.39 is 29.8 Å². The molecule has 1 aliphatic rings. The third-order valence-electron chi connectivity index (χ3n) is 4.54. The van der Waals surface area contributed by atoms with Crippen molar-refractivity contribution in [2.75, 3.05) is 13.1 Å². The summed E-state index contributed by atoms with van der Waals surface area (Å²) in [6.07, 6.45) is 0.578. The summed E-state index contributed by atoms with van der Waals surface area (Å²) in [7, 11) is 0. The summed E-state index contributed by atoms with van der Waals surface area (Å²) >= 11 is 0. The fraction of sp³-hybridized carbons (Fsp3) is 0.571. The Kier molecular flexibility index (Phi) is 7.87. The van der Waals surface area contributed by atoms with E-state index in [0.717, 1.165) is 18.4 Å². The van der Waals surface area contributed by atoms with Crippen LogP contribution in [0.5, 0.6) is 0 Å². The second-order valence-electron chi connectivity index (χ2n) is 8.27. The molecule has 0 radical (unpaired) electrons. The molecular weight excluding hydrogens is 376 g/mol. The summed E-state index contributed by atoms with van der Waals surface area (Å²) in [5.41, 5.74) is 0.194. The molecule has 0 spiro atoms.